The maximum atomic E-state index is 11.1. The topological polar surface area (TPSA) is 100 Å². The van der Waals surface area contributed by atoms with E-state index in [1.165, 1.54) is 6.33 Å². The van der Waals surface area contributed by atoms with Crippen molar-refractivity contribution >= 4 is 23.1 Å². The summed E-state index contributed by atoms with van der Waals surface area (Å²) in [6.07, 6.45) is 5.48. The van der Waals surface area contributed by atoms with Gasteiger partial charge in [-0.1, -0.05) is 0 Å². The maximum Gasteiger partial charge on any atom is 0.152 e. The number of aromatic amines is 1. The zero-order chi connectivity index (χ0) is 13.9. The molecule has 0 saturated carbocycles. The van der Waals surface area contributed by atoms with E-state index in [9.17, 15) is 4.79 Å². The largest absolute Gasteiger partial charge is 0.394 e. The molecule has 0 aliphatic carbocycles. The lowest BCUT2D eigenvalue weighted by atomic mass is 10.1. The van der Waals surface area contributed by atoms with Crippen LogP contribution in [0.4, 0.5) is 5.82 Å². The van der Waals surface area contributed by atoms with Crippen LogP contribution in [0.15, 0.2) is 12.5 Å². The number of nitrogens with zero attached hydrogens (tertiary/aromatic N) is 2. The van der Waals surface area contributed by atoms with E-state index in [2.05, 4.69) is 20.3 Å². The average molecular weight is 276 g/mol. The number of carbonyl (C=O) groups excluding carboxylic acids is 1. The van der Waals surface area contributed by atoms with Crippen molar-refractivity contribution in [2.75, 3.05) is 18.5 Å². The van der Waals surface area contributed by atoms with Crippen molar-refractivity contribution in [2.24, 2.45) is 0 Å². The van der Waals surface area contributed by atoms with Crippen molar-refractivity contribution in [3.8, 4) is 0 Å². The second-order valence-electron chi connectivity index (χ2n) is 4.86. The Bertz CT molecular complexity index is 605. The molecule has 3 N–H and O–H groups in total. The summed E-state index contributed by atoms with van der Waals surface area (Å²) in [5.41, 5.74) is 1.17. The lowest BCUT2D eigenvalue weighted by Crippen LogP contribution is -2.36. The number of H-pyrrole nitrogens is 1. The molecule has 0 amide bonds. The lowest BCUT2D eigenvalue weighted by molar-refractivity contribution is -0.0224. The summed E-state index contributed by atoms with van der Waals surface area (Å²) >= 11 is 0. The highest BCUT2D eigenvalue weighted by Gasteiger charge is 2.22. The van der Waals surface area contributed by atoms with Gasteiger partial charge in [0.05, 0.1) is 30.7 Å². The molecule has 2 aromatic heterocycles. The van der Waals surface area contributed by atoms with E-state index < -0.39 is 0 Å². The van der Waals surface area contributed by atoms with E-state index >= 15 is 0 Å². The summed E-state index contributed by atoms with van der Waals surface area (Å²) in [7, 11) is 0. The quantitative estimate of drug-likeness (QED) is 0.712. The summed E-state index contributed by atoms with van der Waals surface area (Å²) in [4.78, 5) is 22.3. The Morgan fingerprint density at radius 3 is 3.10 bits per heavy atom. The van der Waals surface area contributed by atoms with Gasteiger partial charge in [-0.05, 0) is 12.8 Å². The molecule has 1 aliphatic rings. The average Bonchev–Trinajstić information content (AvgIpc) is 2.92. The number of anilines is 1. The molecule has 2 aromatic rings. The molecular formula is C13H16N4O3. The molecule has 3 heterocycles. The van der Waals surface area contributed by atoms with E-state index in [-0.39, 0.29) is 18.8 Å². The minimum absolute atomic E-state index is 0.0531. The van der Waals surface area contributed by atoms with Gasteiger partial charge in [0, 0.05) is 11.8 Å². The molecule has 2 atom stereocenters. The smallest absolute Gasteiger partial charge is 0.152 e. The lowest BCUT2D eigenvalue weighted by Gasteiger charge is -2.28. The van der Waals surface area contributed by atoms with E-state index in [4.69, 9.17) is 9.84 Å². The predicted molar refractivity (Wildman–Crippen MR) is 72.7 cm³/mol. The number of carbonyl (C=O) groups is 1. The van der Waals surface area contributed by atoms with Crippen molar-refractivity contribution in [1.29, 1.82) is 0 Å². The third-order valence-corrected chi connectivity index (χ3v) is 3.54. The molecular weight excluding hydrogens is 260 g/mol. The van der Waals surface area contributed by atoms with Crippen LogP contribution < -0.4 is 5.32 Å². The second-order valence-corrected chi connectivity index (χ2v) is 4.86. The van der Waals surface area contributed by atoms with Gasteiger partial charge in [0.1, 0.15) is 17.8 Å². The zero-order valence-electron chi connectivity index (χ0n) is 10.9. The third kappa shape index (κ3) is 2.37. The number of aliphatic hydroxyl groups is 1. The van der Waals surface area contributed by atoms with Gasteiger partial charge in [0.15, 0.2) is 6.29 Å². The number of aldehydes is 1. The minimum Gasteiger partial charge on any atom is -0.394 e. The number of fused-ring (bicyclic) bond motifs is 1. The standard InChI is InChI=1S/C13H16N4O3/c18-4-8-3-14-12-11(8)13(16-7-15-12)17-9-1-2-10(5-19)20-6-9/h3-4,7,9-10,19H,1-2,5-6H2,(H2,14,15,16,17)/t9-,10+/m1/s1. The van der Waals surface area contributed by atoms with E-state index in [0.717, 1.165) is 19.1 Å². The van der Waals surface area contributed by atoms with Crippen LogP contribution in [0.25, 0.3) is 11.0 Å². The fourth-order valence-electron chi connectivity index (χ4n) is 2.45. The normalized spacial score (nSPS) is 22.9. The number of nitrogens with one attached hydrogen (secondary N) is 2. The van der Waals surface area contributed by atoms with Crippen LogP contribution in [0.1, 0.15) is 23.2 Å². The van der Waals surface area contributed by atoms with Crippen LogP contribution in [0.2, 0.25) is 0 Å². The molecule has 7 nitrogen and oxygen atoms in total. The summed E-state index contributed by atoms with van der Waals surface area (Å²) in [6, 6.07) is 0.116. The Morgan fingerprint density at radius 2 is 2.40 bits per heavy atom. The number of aromatic nitrogens is 3. The van der Waals surface area contributed by atoms with Crippen LogP contribution >= 0.6 is 0 Å². The Labute approximate surface area is 115 Å². The number of hydrogen-bond acceptors (Lipinski definition) is 6. The van der Waals surface area contributed by atoms with Gasteiger partial charge in [0.25, 0.3) is 0 Å². The van der Waals surface area contributed by atoms with Crippen molar-refractivity contribution in [1.82, 2.24) is 15.0 Å². The van der Waals surface area contributed by atoms with E-state index in [1.54, 1.807) is 6.20 Å². The SMILES string of the molecule is O=Cc1c[nH]c2ncnc(N[C@@H]3CC[C@@H](CO)OC3)c12. The molecule has 106 valence electrons. The zero-order valence-corrected chi connectivity index (χ0v) is 10.9. The van der Waals surface area contributed by atoms with Crippen molar-refractivity contribution in [3.63, 3.8) is 0 Å². The Kier molecular flexibility index (Phi) is 3.62. The molecule has 0 aromatic carbocycles. The molecule has 3 rings (SSSR count). The summed E-state index contributed by atoms with van der Waals surface area (Å²) in [5, 5.41) is 13.0. The molecule has 0 radical (unpaired) electrons. The van der Waals surface area contributed by atoms with Crippen molar-refractivity contribution in [3.05, 3.63) is 18.1 Å². The molecule has 0 bridgehead atoms. The van der Waals surface area contributed by atoms with Gasteiger partial charge in [-0.2, -0.15) is 0 Å². The monoisotopic (exact) mass is 276 g/mol. The van der Waals surface area contributed by atoms with Gasteiger partial charge >= 0.3 is 0 Å². The van der Waals surface area contributed by atoms with Gasteiger partial charge in [-0.3, -0.25) is 4.79 Å². The first-order valence-electron chi connectivity index (χ1n) is 6.58. The summed E-state index contributed by atoms with van der Waals surface area (Å²) < 4.78 is 5.53. The van der Waals surface area contributed by atoms with Gasteiger partial charge in [-0.25, -0.2) is 9.97 Å². The van der Waals surface area contributed by atoms with Crippen molar-refractivity contribution < 1.29 is 14.6 Å². The Balaban J connectivity index is 1.81. The predicted octanol–water partition coefficient (Wildman–Crippen LogP) is 0.722. The van der Waals surface area contributed by atoms with Crippen LogP contribution in [-0.4, -0.2) is 51.7 Å². The highest BCUT2D eigenvalue weighted by atomic mass is 16.5. The van der Waals surface area contributed by atoms with E-state index in [0.29, 0.717) is 29.0 Å². The fourth-order valence-corrected chi connectivity index (χ4v) is 2.45. The van der Waals surface area contributed by atoms with Gasteiger partial charge in [-0.15, -0.1) is 0 Å². The first-order valence-corrected chi connectivity index (χ1v) is 6.58. The molecule has 20 heavy (non-hydrogen) atoms. The molecule has 0 unspecified atom stereocenters. The third-order valence-electron chi connectivity index (χ3n) is 3.54. The van der Waals surface area contributed by atoms with Gasteiger partial charge < -0.3 is 20.1 Å². The molecule has 1 saturated heterocycles. The molecule has 1 aliphatic heterocycles. The van der Waals surface area contributed by atoms with Crippen molar-refractivity contribution in [2.45, 2.75) is 25.0 Å². The van der Waals surface area contributed by atoms with Crippen LogP contribution in [0, 0.1) is 0 Å². The molecule has 1 fully saturated rings. The summed E-state index contributed by atoms with van der Waals surface area (Å²) in [6.45, 7) is 0.565. The van der Waals surface area contributed by atoms with Crippen LogP contribution in [-0.2, 0) is 4.74 Å². The number of ether oxygens (including phenoxy) is 1. The Morgan fingerprint density at radius 1 is 1.50 bits per heavy atom. The number of aliphatic hydroxyl groups excluding tert-OH is 1. The highest BCUT2D eigenvalue weighted by Crippen LogP contribution is 2.24. The second kappa shape index (κ2) is 5.56. The first-order chi connectivity index (χ1) is 9.81. The highest BCUT2D eigenvalue weighted by molar-refractivity contribution is 6.01. The summed E-state index contributed by atoms with van der Waals surface area (Å²) in [5.74, 6) is 0.634. The fraction of sp³-hybridized carbons (Fsp3) is 0.462. The van der Waals surface area contributed by atoms with Gasteiger partial charge in [0.2, 0.25) is 0 Å². The molecule has 7 heteroatoms. The van der Waals surface area contributed by atoms with Crippen LogP contribution in [0.5, 0.6) is 0 Å². The van der Waals surface area contributed by atoms with Crippen LogP contribution in [0.3, 0.4) is 0 Å². The van der Waals surface area contributed by atoms with E-state index in [1.807, 2.05) is 0 Å². The number of hydrogen-bond donors (Lipinski definition) is 3. The maximum absolute atomic E-state index is 11.1. The Hall–Kier alpha value is -1.99. The molecule has 0 spiro atoms. The first kappa shape index (κ1) is 13.0. The minimum atomic E-state index is -0.0729. The number of rotatable bonds is 4.